The van der Waals surface area contributed by atoms with Crippen LogP contribution >= 0.6 is 12.4 Å². The zero-order valence-corrected chi connectivity index (χ0v) is 15.7. The first-order chi connectivity index (χ1) is 12.8. The van der Waals surface area contributed by atoms with Gasteiger partial charge >= 0.3 is 0 Å². The van der Waals surface area contributed by atoms with E-state index in [0.29, 0.717) is 17.4 Å². The molecule has 2 aliphatic carbocycles. The van der Waals surface area contributed by atoms with E-state index in [2.05, 4.69) is 21.0 Å². The summed E-state index contributed by atoms with van der Waals surface area (Å²) in [6, 6.07) is 13.7. The maximum absolute atomic E-state index is 12.2. The third kappa shape index (κ3) is 3.74. The summed E-state index contributed by atoms with van der Waals surface area (Å²) in [4.78, 5) is 16.2. The normalized spacial score (nSPS) is 15.9. The highest BCUT2D eigenvalue weighted by molar-refractivity contribution is 6.04. The smallest absolute Gasteiger partial charge is 0.257 e. The molecule has 3 aromatic rings. The predicted octanol–water partition coefficient (Wildman–Crippen LogP) is 4.70. The van der Waals surface area contributed by atoms with Crippen LogP contribution in [-0.2, 0) is 0 Å². The van der Waals surface area contributed by atoms with Crippen molar-refractivity contribution in [3.05, 3.63) is 71.8 Å². The van der Waals surface area contributed by atoms with Gasteiger partial charge in [0.05, 0.1) is 16.9 Å². The highest BCUT2D eigenvalue weighted by Gasteiger charge is 2.32. The molecule has 0 bridgehead atoms. The molecule has 0 unspecified atom stereocenters. The van der Waals surface area contributed by atoms with E-state index in [0.717, 1.165) is 11.4 Å². The van der Waals surface area contributed by atoms with Gasteiger partial charge in [0.2, 0.25) is 0 Å². The van der Waals surface area contributed by atoms with E-state index >= 15 is 0 Å². The number of hydrogen-bond donors (Lipinski definition) is 1. The van der Waals surface area contributed by atoms with Crippen molar-refractivity contribution in [1.29, 1.82) is 0 Å². The van der Waals surface area contributed by atoms with Crippen molar-refractivity contribution in [2.75, 3.05) is 5.32 Å². The maximum atomic E-state index is 12.2. The number of halogens is 1. The number of aromatic nitrogens is 3. The Hall–Kier alpha value is -2.66. The first-order valence-corrected chi connectivity index (χ1v) is 9.19. The molecule has 0 spiro atoms. The van der Waals surface area contributed by atoms with Crippen molar-refractivity contribution in [2.45, 2.75) is 37.5 Å². The monoisotopic (exact) mass is 380 g/mol. The minimum Gasteiger partial charge on any atom is -0.322 e. The zero-order chi connectivity index (χ0) is 17.5. The summed E-state index contributed by atoms with van der Waals surface area (Å²) >= 11 is 0. The SMILES string of the molecule is Cl.O=C(Nc1ccc(-n2nc(C3CC3)cc2C2CC2)cc1)c1cccnc1. The molecule has 5 nitrogen and oxygen atoms in total. The lowest BCUT2D eigenvalue weighted by molar-refractivity contribution is 0.102. The molecule has 1 aromatic carbocycles. The van der Waals surface area contributed by atoms with Gasteiger partial charge in [-0.25, -0.2) is 4.68 Å². The van der Waals surface area contributed by atoms with Crippen LogP contribution in [0.2, 0.25) is 0 Å². The summed E-state index contributed by atoms with van der Waals surface area (Å²) in [5, 5.41) is 7.77. The molecule has 138 valence electrons. The Morgan fingerprint density at radius 1 is 1.04 bits per heavy atom. The number of rotatable bonds is 5. The fourth-order valence-electron chi connectivity index (χ4n) is 3.26. The van der Waals surface area contributed by atoms with E-state index in [1.807, 2.05) is 24.3 Å². The topological polar surface area (TPSA) is 59.8 Å². The molecule has 0 atom stereocenters. The van der Waals surface area contributed by atoms with Crippen LogP contribution in [0.5, 0.6) is 0 Å². The first kappa shape index (κ1) is 17.7. The Balaban J connectivity index is 0.00000180. The molecule has 2 aliphatic rings. The van der Waals surface area contributed by atoms with E-state index in [4.69, 9.17) is 5.10 Å². The lowest BCUT2D eigenvalue weighted by Gasteiger charge is -2.09. The number of anilines is 1. The second kappa shape index (κ2) is 7.16. The van der Waals surface area contributed by atoms with E-state index in [-0.39, 0.29) is 18.3 Å². The molecule has 2 heterocycles. The molecular formula is C21H21ClN4O. The van der Waals surface area contributed by atoms with E-state index < -0.39 is 0 Å². The Morgan fingerprint density at radius 2 is 1.78 bits per heavy atom. The van der Waals surface area contributed by atoms with Gasteiger partial charge in [-0.05, 0) is 68.1 Å². The van der Waals surface area contributed by atoms with E-state index in [1.54, 1.807) is 24.5 Å². The molecular weight excluding hydrogens is 360 g/mol. The minimum absolute atomic E-state index is 0. The fraction of sp³-hybridized carbons (Fsp3) is 0.286. The molecule has 6 heteroatoms. The molecule has 0 saturated heterocycles. The Morgan fingerprint density at radius 3 is 2.41 bits per heavy atom. The largest absolute Gasteiger partial charge is 0.322 e. The standard InChI is InChI=1S/C21H20N4O.ClH/c26-21(16-2-1-11-22-13-16)23-17-7-9-18(10-8-17)25-20(15-5-6-15)12-19(24-25)14-3-4-14;/h1-2,7-15H,3-6H2,(H,23,26);1H. The van der Waals surface area contributed by atoms with Gasteiger partial charge in [-0.2, -0.15) is 5.10 Å². The lowest BCUT2D eigenvalue weighted by atomic mass is 10.2. The third-order valence-corrected chi connectivity index (χ3v) is 5.04. The van der Waals surface area contributed by atoms with Crippen molar-refractivity contribution in [3.8, 4) is 5.69 Å². The second-order valence-electron chi connectivity index (χ2n) is 7.20. The third-order valence-electron chi connectivity index (χ3n) is 5.04. The number of nitrogens with one attached hydrogen (secondary N) is 1. The summed E-state index contributed by atoms with van der Waals surface area (Å²) in [5.41, 5.74) is 4.94. The van der Waals surface area contributed by atoms with Gasteiger partial charge in [0.25, 0.3) is 5.91 Å². The predicted molar refractivity (Wildman–Crippen MR) is 107 cm³/mol. The Labute approximate surface area is 164 Å². The van der Waals surface area contributed by atoms with E-state index in [1.165, 1.54) is 37.1 Å². The molecule has 0 aliphatic heterocycles. The number of nitrogens with zero attached hydrogens (tertiary/aromatic N) is 3. The molecule has 1 N–H and O–H groups in total. The fourth-order valence-corrected chi connectivity index (χ4v) is 3.26. The van der Waals surface area contributed by atoms with Gasteiger partial charge in [-0.3, -0.25) is 9.78 Å². The van der Waals surface area contributed by atoms with Crippen LogP contribution in [0.1, 0.15) is 59.3 Å². The minimum atomic E-state index is -0.153. The van der Waals surface area contributed by atoms with Crippen LogP contribution in [0.4, 0.5) is 5.69 Å². The second-order valence-corrected chi connectivity index (χ2v) is 7.20. The highest BCUT2D eigenvalue weighted by Crippen LogP contribution is 2.45. The summed E-state index contributed by atoms with van der Waals surface area (Å²) < 4.78 is 2.10. The average molecular weight is 381 g/mol. The summed E-state index contributed by atoms with van der Waals surface area (Å²) in [5.74, 6) is 1.16. The molecule has 0 radical (unpaired) electrons. The van der Waals surface area contributed by atoms with Crippen LogP contribution in [0.3, 0.4) is 0 Å². The molecule has 2 fully saturated rings. The Bertz CT molecular complexity index is 944. The molecule has 2 saturated carbocycles. The van der Waals surface area contributed by atoms with Gasteiger partial charge in [-0.1, -0.05) is 0 Å². The van der Waals surface area contributed by atoms with Gasteiger partial charge in [-0.15, -0.1) is 12.4 Å². The number of pyridine rings is 1. The van der Waals surface area contributed by atoms with Crippen molar-refractivity contribution in [1.82, 2.24) is 14.8 Å². The number of hydrogen-bond acceptors (Lipinski definition) is 3. The molecule has 27 heavy (non-hydrogen) atoms. The zero-order valence-electron chi connectivity index (χ0n) is 14.8. The van der Waals surface area contributed by atoms with Crippen molar-refractivity contribution in [3.63, 3.8) is 0 Å². The molecule has 2 aromatic heterocycles. The summed E-state index contributed by atoms with van der Waals surface area (Å²) in [7, 11) is 0. The van der Waals surface area contributed by atoms with Crippen molar-refractivity contribution < 1.29 is 4.79 Å². The molecule has 5 rings (SSSR count). The average Bonchev–Trinajstić information content (AvgIpc) is 3.61. The van der Waals surface area contributed by atoms with Gasteiger partial charge in [0.1, 0.15) is 0 Å². The van der Waals surface area contributed by atoms with Crippen LogP contribution in [-0.4, -0.2) is 20.7 Å². The first-order valence-electron chi connectivity index (χ1n) is 9.19. The van der Waals surface area contributed by atoms with Gasteiger partial charge < -0.3 is 5.32 Å². The number of carbonyl (C=O) groups excluding carboxylic acids is 1. The molecule has 1 amide bonds. The maximum Gasteiger partial charge on any atom is 0.257 e. The van der Waals surface area contributed by atoms with Crippen molar-refractivity contribution >= 4 is 24.0 Å². The van der Waals surface area contributed by atoms with Gasteiger partial charge in [0.15, 0.2) is 0 Å². The summed E-state index contributed by atoms with van der Waals surface area (Å²) in [6.45, 7) is 0. The Kier molecular flexibility index (Phi) is 4.70. The summed E-state index contributed by atoms with van der Waals surface area (Å²) in [6.07, 6.45) is 8.27. The van der Waals surface area contributed by atoms with Crippen LogP contribution < -0.4 is 5.32 Å². The number of carbonyl (C=O) groups is 1. The van der Waals surface area contributed by atoms with E-state index in [9.17, 15) is 4.79 Å². The van der Waals surface area contributed by atoms with Crippen LogP contribution in [0, 0.1) is 0 Å². The quantitative estimate of drug-likeness (QED) is 0.698. The lowest BCUT2D eigenvalue weighted by Crippen LogP contribution is -2.12. The number of benzene rings is 1. The van der Waals surface area contributed by atoms with Gasteiger partial charge in [0, 0.05) is 35.6 Å². The van der Waals surface area contributed by atoms with Crippen LogP contribution in [0.25, 0.3) is 5.69 Å². The van der Waals surface area contributed by atoms with Crippen LogP contribution in [0.15, 0.2) is 54.9 Å². The van der Waals surface area contributed by atoms with Crippen molar-refractivity contribution in [2.24, 2.45) is 0 Å². The highest BCUT2D eigenvalue weighted by atomic mass is 35.5. The number of amides is 1.